The number of nitrogens with zero attached hydrogens (tertiary/aromatic N) is 4. The molecule has 1 fully saturated rings. The smallest absolute Gasteiger partial charge is 0.224 e. The van der Waals surface area contributed by atoms with E-state index in [1.54, 1.807) is 0 Å². The van der Waals surface area contributed by atoms with Crippen LogP contribution in [0.15, 0.2) is 41.4 Å². The van der Waals surface area contributed by atoms with Crippen LogP contribution < -0.4 is 0 Å². The minimum atomic E-state index is -3.65. The third-order valence-corrected chi connectivity index (χ3v) is 7.81. The van der Waals surface area contributed by atoms with E-state index in [0.717, 1.165) is 47.6 Å². The summed E-state index contributed by atoms with van der Waals surface area (Å²) >= 11 is 0. The molecule has 0 N–H and O–H groups in total. The molecule has 0 radical (unpaired) electrons. The maximum atomic E-state index is 13.1. The van der Waals surface area contributed by atoms with Crippen molar-refractivity contribution in [3.63, 3.8) is 0 Å². The van der Waals surface area contributed by atoms with Crippen molar-refractivity contribution >= 4 is 21.4 Å². The summed E-state index contributed by atoms with van der Waals surface area (Å²) < 4.78 is 40.0. The quantitative estimate of drug-likeness (QED) is 0.597. The van der Waals surface area contributed by atoms with Gasteiger partial charge in [0.05, 0.1) is 28.1 Å². The van der Waals surface area contributed by atoms with Crippen molar-refractivity contribution in [1.82, 2.24) is 19.5 Å². The summed E-state index contributed by atoms with van der Waals surface area (Å²) in [4.78, 5) is 19.4. The van der Waals surface area contributed by atoms with Crippen LogP contribution >= 0.6 is 0 Å². The van der Waals surface area contributed by atoms with Crippen molar-refractivity contribution in [1.29, 1.82) is 0 Å². The second-order valence-corrected chi connectivity index (χ2v) is 10.1. The number of rotatable bonds is 4. The Balaban J connectivity index is 1.37. The number of carbonyl (C=O) groups is 1. The van der Waals surface area contributed by atoms with Crippen molar-refractivity contribution in [3.8, 4) is 0 Å². The Morgan fingerprint density at radius 2 is 2.00 bits per heavy atom. The normalized spacial score (nSPS) is 20.5. The van der Waals surface area contributed by atoms with Crippen LogP contribution in [-0.2, 0) is 21.1 Å². The van der Waals surface area contributed by atoms with Gasteiger partial charge < -0.3 is 4.90 Å². The Kier molecular flexibility index (Phi) is 4.39. The lowest BCUT2D eigenvalue weighted by molar-refractivity contribution is -0.134. The molecule has 1 aromatic carbocycles. The fourth-order valence-corrected chi connectivity index (χ4v) is 5.92. The maximum absolute atomic E-state index is 13.1. The van der Waals surface area contributed by atoms with Crippen molar-refractivity contribution in [2.75, 3.05) is 5.75 Å². The molecular formula is C21H21FN4O3S. The zero-order chi connectivity index (χ0) is 21.0. The number of aryl methyl sites for hydroxylation is 1. The summed E-state index contributed by atoms with van der Waals surface area (Å²) in [6, 6.07) is 6.57. The Morgan fingerprint density at radius 1 is 1.23 bits per heavy atom. The molecule has 2 atom stereocenters. The van der Waals surface area contributed by atoms with Crippen LogP contribution in [0.2, 0.25) is 0 Å². The van der Waals surface area contributed by atoms with Gasteiger partial charge in [0.1, 0.15) is 5.82 Å². The fraction of sp³-hybridized carbons (Fsp3) is 0.381. The van der Waals surface area contributed by atoms with E-state index in [-0.39, 0.29) is 35.1 Å². The molecule has 4 heterocycles. The van der Waals surface area contributed by atoms with Crippen LogP contribution in [0, 0.1) is 12.7 Å². The lowest BCUT2D eigenvalue weighted by atomic mass is 9.99. The number of hydrogen-bond donors (Lipinski definition) is 0. The largest absolute Gasteiger partial charge is 0.332 e. The molecule has 7 nitrogen and oxygen atoms in total. The Bertz CT molecular complexity index is 1250. The molecule has 0 aliphatic carbocycles. The summed E-state index contributed by atoms with van der Waals surface area (Å²) in [5.41, 5.74) is 3.78. The topological polar surface area (TPSA) is 84.6 Å². The van der Waals surface area contributed by atoms with Gasteiger partial charge in [-0.05, 0) is 44.0 Å². The highest BCUT2D eigenvalue weighted by Crippen LogP contribution is 2.43. The Morgan fingerprint density at radius 3 is 2.77 bits per heavy atom. The van der Waals surface area contributed by atoms with Crippen molar-refractivity contribution in [2.45, 2.75) is 49.6 Å². The van der Waals surface area contributed by atoms with Crippen molar-refractivity contribution in [3.05, 3.63) is 59.3 Å². The third kappa shape index (κ3) is 3.08. The average molecular weight is 428 g/mol. The predicted molar refractivity (Wildman–Crippen MR) is 107 cm³/mol. The Hall–Kier alpha value is -2.81. The number of benzene rings is 1. The molecule has 0 saturated carbocycles. The molecule has 2 aliphatic heterocycles. The number of carbonyl (C=O) groups excluding carboxylic acids is 1. The Labute approximate surface area is 173 Å². The van der Waals surface area contributed by atoms with Gasteiger partial charge in [-0.1, -0.05) is 0 Å². The standard InChI is InChI=1S/C21H21FN4O3S/c1-13-10-20-23-12-17-18-7-4-15(11-19(17)26(20)24-13)25(18)21(27)8-9-30(28,29)16-5-2-14(22)3-6-16/h2-3,5-6,10,12,15,18H,4,7-9,11H2,1H3/t15-,18+/m1/s1. The molecule has 0 unspecified atom stereocenters. The number of halogens is 1. The summed E-state index contributed by atoms with van der Waals surface area (Å²) in [6.45, 7) is 1.93. The number of aromatic nitrogens is 3. The molecule has 30 heavy (non-hydrogen) atoms. The van der Waals surface area contributed by atoms with E-state index in [0.29, 0.717) is 6.42 Å². The lowest BCUT2D eigenvalue weighted by Gasteiger charge is -2.36. The zero-order valence-corrected chi connectivity index (χ0v) is 17.3. The SMILES string of the molecule is Cc1cc2ncc3c(n2n1)C[C@H]1CC[C@@H]3N1C(=O)CCS(=O)(=O)c1ccc(F)cc1. The summed E-state index contributed by atoms with van der Waals surface area (Å²) in [5.74, 6) is -0.963. The highest BCUT2D eigenvalue weighted by atomic mass is 32.2. The monoisotopic (exact) mass is 428 g/mol. The zero-order valence-electron chi connectivity index (χ0n) is 16.5. The molecule has 2 aliphatic rings. The van der Waals surface area contributed by atoms with Gasteiger partial charge in [-0.25, -0.2) is 22.3 Å². The van der Waals surface area contributed by atoms with Gasteiger partial charge in [0.15, 0.2) is 15.5 Å². The molecular weight excluding hydrogens is 407 g/mol. The van der Waals surface area contributed by atoms with Crippen LogP contribution in [0.25, 0.3) is 5.65 Å². The second kappa shape index (κ2) is 6.87. The highest BCUT2D eigenvalue weighted by Gasteiger charge is 2.43. The number of fused-ring (bicyclic) bond motifs is 6. The first kappa shape index (κ1) is 19.2. The molecule has 1 saturated heterocycles. The fourth-order valence-electron chi connectivity index (χ4n) is 4.69. The molecule has 2 bridgehead atoms. The van der Waals surface area contributed by atoms with E-state index in [1.165, 1.54) is 12.1 Å². The first-order valence-corrected chi connectivity index (χ1v) is 11.6. The maximum Gasteiger partial charge on any atom is 0.224 e. The van der Waals surface area contributed by atoms with Crippen LogP contribution in [0.5, 0.6) is 0 Å². The first-order valence-electron chi connectivity index (χ1n) is 9.97. The van der Waals surface area contributed by atoms with Crippen LogP contribution in [-0.4, -0.2) is 45.6 Å². The molecule has 2 aromatic heterocycles. The summed E-state index contributed by atoms with van der Waals surface area (Å²) in [5, 5.41) is 4.55. The molecule has 5 rings (SSSR count). The molecule has 0 spiro atoms. The van der Waals surface area contributed by atoms with Crippen LogP contribution in [0.4, 0.5) is 4.39 Å². The van der Waals surface area contributed by atoms with E-state index in [9.17, 15) is 17.6 Å². The lowest BCUT2D eigenvalue weighted by Crippen LogP contribution is -2.43. The van der Waals surface area contributed by atoms with Gasteiger partial charge in [0.25, 0.3) is 0 Å². The van der Waals surface area contributed by atoms with E-state index in [4.69, 9.17) is 0 Å². The van der Waals surface area contributed by atoms with Crippen molar-refractivity contribution in [2.24, 2.45) is 0 Å². The van der Waals surface area contributed by atoms with Crippen molar-refractivity contribution < 1.29 is 17.6 Å². The summed E-state index contributed by atoms with van der Waals surface area (Å²) in [7, 11) is -3.65. The second-order valence-electron chi connectivity index (χ2n) is 7.99. The van der Waals surface area contributed by atoms with E-state index in [1.807, 2.05) is 28.6 Å². The van der Waals surface area contributed by atoms with E-state index >= 15 is 0 Å². The summed E-state index contributed by atoms with van der Waals surface area (Å²) in [6.07, 6.45) is 4.12. The number of amides is 1. The van der Waals surface area contributed by atoms with Gasteiger partial charge in [0.2, 0.25) is 5.91 Å². The van der Waals surface area contributed by atoms with Gasteiger partial charge >= 0.3 is 0 Å². The first-order chi connectivity index (χ1) is 14.3. The molecule has 1 amide bonds. The third-order valence-electron chi connectivity index (χ3n) is 6.07. The van der Waals surface area contributed by atoms with Gasteiger partial charge in [-0.3, -0.25) is 4.79 Å². The average Bonchev–Trinajstić information content (AvgIpc) is 3.25. The number of hydrogen-bond acceptors (Lipinski definition) is 5. The molecule has 9 heteroatoms. The van der Waals surface area contributed by atoms with E-state index in [2.05, 4.69) is 10.1 Å². The molecule has 3 aromatic rings. The van der Waals surface area contributed by atoms with Gasteiger partial charge in [-0.2, -0.15) is 5.10 Å². The number of sulfone groups is 1. The van der Waals surface area contributed by atoms with Gasteiger partial charge in [-0.15, -0.1) is 0 Å². The predicted octanol–water partition coefficient (Wildman–Crippen LogP) is 2.63. The van der Waals surface area contributed by atoms with Crippen LogP contribution in [0.3, 0.4) is 0 Å². The van der Waals surface area contributed by atoms with E-state index < -0.39 is 15.7 Å². The van der Waals surface area contributed by atoms with Gasteiger partial charge in [0, 0.05) is 36.7 Å². The van der Waals surface area contributed by atoms with Crippen LogP contribution in [0.1, 0.15) is 42.3 Å². The minimum absolute atomic E-state index is 0.0318. The minimum Gasteiger partial charge on any atom is -0.332 e. The molecule has 156 valence electrons. The highest BCUT2D eigenvalue weighted by molar-refractivity contribution is 7.91.